The molecule has 0 saturated heterocycles. The number of aromatic nitrogens is 3. The van der Waals surface area contributed by atoms with Crippen molar-refractivity contribution >= 4 is 23.7 Å². The van der Waals surface area contributed by atoms with Crippen molar-refractivity contribution in [2.45, 2.75) is 30.8 Å². The highest BCUT2D eigenvalue weighted by atomic mass is 32.2. The second-order valence-electron chi connectivity index (χ2n) is 5.25. The van der Waals surface area contributed by atoms with E-state index < -0.39 is 17.2 Å². The fourth-order valence-corrected chi connectivity index (χ4v) is 3.14. The van der Waals surface area contributed by atoms with Gasteiger partial charge in [-0.2, -0.15) is 0 Å². The Labute approximate surface area is 161 Å². The third kappa shape index (κ3) is 5.10. The number of hydrogen-bond acceptors (Lipinski definition) is 8. The zero-order valence-electron chi connectivity index (χ0n) is 15.1. The van der Waals surface area contributed by atoms with E-state index in [-0.39, 0.29) is 19.0 Å². The second kappa shape index (κ2) is 9.77. The standard InChI is InChI=1S/C18H21N3O5S/c1-4-11-21-15(12-7-9-13(22)10-8-12)19-20-18(21)27-14(16(23)25-5-2)17(24)26-6-3/h4,7-10,14,22H,1,5-6,11H2,2-3H3. The molecule has 1 N–H and O–H groups in total. The number of esters is 2. The Hall–Kier alpha value is -2.81. The van der Waals surface area contributed by atoms with Crippen LogP contribution in [0.15, 0.2) is 42.1 Å². The lowest BCUT2D eigenvalue weighted by atomic mass is 10.2. The summed E-state index contributed by atoms with van der Waals surface area (Å²) in [6, 6.07) is 6.47. The van der Waals surface area contributed by atoms with E-state index in [1.165, 1.54) is 12.1 Å². The largest absolute Gasteiger partial charge is 0.508 e. The lowest BCUT2D eigenvalue weighted by molar-refractivity contribution is -0.152. The van der Waals surface area contributed by atoms with Gasteiger partial charge in [0.05, 0.1) is 13.2 Å². The van der Waals surface area contributed by atoms with Crippen LogP contribution in [0.2, 0.25) is 0 Å². The first kappa shape index (κ1) is 20.5. The SMILES string of the molecule is C=CCn1c(SC(C(=O)OCC)C(=O)OCC)nnc1-c1ccc(O)cc1. The summed E-state index contributed by atoms with van der Waals surface area (Å²) in [4.78, 5) is 24.4. The zero-order valence-corrected chi connectivity index (χ0v) is 15.9. The molecule has 2 rings (SSSR count). The molecule has 0 radical (unpaired) electrons. The Bertz CT molecular complexity index is 786. The molecule has 0 amide bonds. The van der Waals surface area contributed by atoms with Gasteiger partial charge in [-0.05, 0) is 38.1 Å². The topological polar surface area (TPSA) is 104 Å². The average molecular weight is 391 g/mol. The van der Waals surface area contributed by atoms with Crippen molar-refractivity contribution in [2.75, 3.05) is 13.2 Å². The first-order valence-electron chi connectivity index (χ1n) is 8.35. The minimum Gasteiger partial charge on any atom is -0.508 e. The lowest BCUT2D eigenvalue weighted by Gasteiger charge is -2.14. The van der Waals surface area contributed by atoms with E-state index in [0.29, 0.717) is 17.5 Å². The van der Waals surface area contributed by atoms with Gasteiger partial charge in [0.1, 0.15) is 5.75 Å². The maximum absolute atomic E-state index is 12.2. The van der Waals surface area contributed by atoms with E-state index in [9.17, 15) is 14.7 Å². The first-order valence-corrected chi connectivity index (χ1v) is 9.23. The second-order valence-corrected chi connectivity index (χ2v) is 6.33. The third-order valence-corrected chi connectivity index (χ3v) is 4.51. The minimum absolute atomic E-state index is 0.132. The van der Waals surface area contributed by atoms with Gasteiger partial charge >= 0.3 is 11.9 Å². The highest BCUT2D eigenvalue weighted by molar-refractivity contribution is 8.01. The molecule has 0 atom stereocenters. The Morgan fingerprint density at radius 2 is 1.78 bits per heavy atom. The number of ether oxygens (including phenoxy) is 2. The molecular weight excluding hydrogens is 370 g/mol. The number of benzene rings is 1. The Balaban J connectivity index is 2.37. The summed E-state index contributed by atoms with van der Waals surface area (Å²) in [6.45, 7) is 7.70. The van der Waals surface area contributed by atoms with Crippen LogP contribution < -0.4 is 0 Å². The average Bonchev–Trinajstić information content (AvgIpc) is 3.03. The van der Waals surface area contributed by atoms with Gasteiger partial charge in [0.2, 0.25) is 5.25 Å². The molecule has 2 aromatic rings. The summed E-state index contributed by atoms with van der Waals surface area (Å²) < 4.78 is 11.7. The molecule has 0 bridgehead atoms. The fourth-order valence-electron chi connectivity index (χ4n) is 2.23. The molecule has 8 nitrogen and oxygen atoms in total. The third-order valence-electron chi connectivity index (χ3n) is 3.38. The molecule has 9 heteroatoms. The maximum atomic E-state index is 12.2. The summed E-state index contributed by atoms with van der Waals surface area (Å²) in [7, 11) is 0. The molecule has 0 aliphatic carbocycles. The first-order chi connectivity index (χ1) is 13.0. The smallest absolute Gasteiger partial charge is 0.331 e. The number of carbonyl (C=O) groups excluding carboxylic acids is 2. The molecule has 0 saturated carbocycles. The Kier molecular flexibility index (Phi) is 7.42. The van der Waals surface area contributed by atoms with Crippen molar-refractivity contribution in [3.63, 3.8) is 0 Å². The molecular formula is C18H21N3O5S. The number of nitrogens with zero attached hydrogens (tertiary/aromatic N) is 3. The van der Waals surface area contributed by atoms with Crippen molar-refractivity contribution in [3.05, 3.63) is 36.9 Å². The minimum atomic E-state index is -1.20. The zero-order chi connectivity index (χ0) is 19.8. The number of thioether (sulfide) groups is 1. The van der Waals surface area contributed by atoms with Gasteiger partial charge in [-0.25, -0.2) is 0 Å². The summed E-state index contributed by atoms with van der Waals surface area (Å²) >= 11 is 0.913. The van der Waals surface area contributed by atoms with E-state index in [2.05, 4.69) is 16.8 Å². The van der Waals surface area contributed by atoms with Crippen LogP contribution in [0.5, 0.6) is 5.75 Å². The molecule has 0 unspecified atom stereocenters. The number of allylic oxidation sites excluding steroid dienone is 1. The quantitative estimate of drug-likeness (QED) is 0.301. The summed E-state index contributed by atoms with van der Waals surface area (Å²) in [5.41, 5.74) is 0.720. The molecule has 1 heterocycles. The predicted molar refractivity (Wildman–Crippen MR) is 100 cm³/mol. The number of rotatable bonds is 9. The Morgan fingerprint density at radius 1 is 1.19 bits per heavy atom. The summed E-state index contributed by atoms with van der Waals surface area (Å²) in [5.74, 6) is -0.739. The van der Waals surface area contributed by atoms with E-state index in [1.807, 2.05) is 0 Å². The molecule has 0 fully saturated rings. The van der Waals surface area contributed by atoms with Crippen molar-refractivity contribution in [1.82, 2.24) is 14.8 Å². The van der Waals surface area contributed by atoms with Crippen LogP contribution in [0.25, 0.3) is 11.4 Å². The molecule has 1 aromatic heterocycles. The number of phenols is 1. The van der Waals surface area contributed by atoms with Crippen molar-refractivity contribution in [3.8, 4) is 17.1 Å². The number of aromatic hydroxyl groups is 1. The number of phenolic OH excluding ortho intramolecular Hbond substituents is 1. The van der Waals surface area contributed by atoms with Crippen LogP contribution in [0, 0.1) is 0 Å². The van der Waals surface area contributed by atoms with E-state index in [0.717, 1.165) is 17.3 Å². The van der Waals surface area contributed by atoms with Gasteiger partial charge in [-0.15, -0.1) is 16.8 Å². The van der Waals surface area contributed by atoms with Gasteiger partial charge < -0.3 is 14.6 Å². The maximum Gasteiger partial charge on any atom is 0.331 e. The van der Waals surface area contributed by atoms with E-state index in [1.54, 1.807) is 36.6 Å². The van der Waals surface area contributed by atoms with Crippen LogP contribution >= 0.6 is 11.8 Å². The number of hydrogen-bond donors (Lipinski definition) is 1. The van der Waals surface area contributed by atoms with Gasteiger partial charge in [-0.1, -0.05) is 17.8 Å². The van der Waals surface area contributed by atoms with Gasteiger partial charge in [0, 0.05) is 12.1 Å². The summed E-state index contributed by atoms with van der Waals surface area (Å²) in [6.07, 6.45) is 1.65. The van der Waals surface area contributed by atoms with Crippen molar-refractivity contribution < 1.29 is 24.2 Å². The molecule has 0 aliphatic rings. The van der Waals surface area contributed by atoms with Crippen LogP contribution in [0.3, 0.4) is 0 Å². The molecule has 0 aliphatic heterocycles. The molecule has 1 aromatic carbocycles. The normalized spacial score (nSPS) is 10.6. The lowest BCUT2D eigenvalue weighted by Crippen LogP contribution is -2.31. The van der Waals surface area contributed by atoms with Crippen LogP contribution in [0.4, 0.5) is 0 Å². The predicted octanol–water partition coefficient (Wildman–Crippen LogP) is 2.42. The van der Waals surface area contributed by atoms with Gasteiger partial charge in [0.25, 0.3) is 0 Å². The highest BCUT2D eigenvalue weighted by Crippen LogP contribution is 2.29. The van der Waals surface area contributed by atoms with Crippen LogP contribution in [-0.4, -0.2) is 50.3 Å². The van der Waals surface area contributed by atoms with E-state index in [4.69, 9.17) is 9.47 Å². The van der Waals surface area contributed by atoms with Crippen LogP contribution in [0.1, 0.15) is 13.8 Å². The molecule has 144 valence electrons. The van der Waals surface area contributed by atoms with Crippen molar-refractivity contribution in [2.24, 2.45) is 0 Å². The highest BCUT2D eigenvalue weighted by Gasteiger charge is 2.33. The van der Waals surface area contributed by atoms with Crippen LogP contribution in [-0.2, 0) is 25.6 Å². The number of carbonyl (C=O) groups is 2. The van der Waals surface area contributed by atoms with E-state index >= 15 is 0 Å². The van der Waals surface area contributed by atoms with Gasteiger partial charge in [0.15, 0.2) is 11.0 Å². The van der Waals surface area contributed by atoms with Crippen molar-refractivity contribution in [1.29, 1.82) is 0 Å². The molecule has 27 heavy (non-hydrogen) atoms. The van der Waals surface area contributed by atoms with Gasteiger partial charge in [-0.3, -0.25) is 14.2 Å². The monoisotopic (exact) mass is 391 g/mol. The molecule has 0 spiro atoms. The Morgan fingerprint density at radius 3 is 2.30 bits per heavy atom. The summed E-state index contributed by atoms with van der Waals surface area (Å²) in [5, 5.41) is 16.9. The fraction of sp³-hybridized carbons (Fsp3) is 0.333.